The summed E-state index contributed by atoms with van der Waals surface area (Å²) in [5, 5.41) is 2.88. The Morgan fingerprint density at radius 2 is 1.69 bits per heavy atom. The van der Waals surface area contributed by atoms with Gasteiger partial charge in [0.15, 0.2) is 6.61 Å². The van der Waals surface area contributed by atoms with Crippen molar-refractivity contribution in [2.75, 3.05) is 23.4 Å². The lowest BCUT2D eigenvalue weighted by atomic mass is 9.90. The molecule has 9 nitrogen and oxygen atoms in total. The number of hydrogen-bond acceptors (Lipinski definition) is 6. The summed E-state index contributed by atoms with van der Waals surface area (Å²) in [6.07, 6.45) is 2.85. The summed E-state index contributed by atoms with van der Waals surface area (Å²) in [5.74, 6) is -2.44. The Hall–Kier alpha value is -3.23. The Morgan fingerprint density at radius 1 is 1.03 bits per heavy atom. The molecule has 1 saturated carbocycles. The molecular formula is C20H21N3O6. The quantitative estimate of drug-likeness (QED) is 0.596. The Labute approximate surface area is 167 Å². The van der Waals surface area contributed by atoms with Crippen molar-refractivity contribution < 1.29 is 28.7 Å². The number of imide groups is 1. The van der Waals surface area contributed by atoms with Crippen molar-refractivity contribution in [1.29, 1.82) is 0 Å². The van der Waals surface area contributed by atoms with Gasteiger partial charge in [-0.1, -0.05) is 25.0 Å². The molecule has 2 aliphatic heterocycles. The summed E-state index contributed by atoms with van der Waals surface area (Å²) >= 11 is 0. The number of esters is 1. The zero-order valence-electron chi connectivity index (χ0n) is 15.8. The number of nitrogens with one attached hydrogen (secondary N) is 1. The van der Waals surface area contributed by atoms with Crippen LogP contribution in [-0.4, -0.2) is 53.2 Å². The second-order valence-electron chi connectivity index (χ2n) is 7.47. The summed E-state index contributed by atoms with van der Waals surface area (Å²) in [6, 6.07) is 7.00. The van der Waals surface area contributed by atoms with Crippen molar-refractivity contribution in [2.45, 2.75) is 44.1 Å². The molecule has 0 radical (unpaired) electrons. The van der Waals surface area contributed by atoms with Gasteiger partial charge in [-0.3, -0.25) is 33.8 Å². The SMILES string of the molecule is O=C(CN1C(=O)CCC1=O)OCC(=O)N1c2ccccc2NC(=O)C12CCCC2. The number of ether oxygens (including phenoxy) is 1. The lowest BCUT2D eigenvalue weighted by Gasteiger charge is -2.44. The maximum atomic E-state index is 13.1. The number of fused-ring (bicyclic) bond motifs is 1. The van der Waals surface area contributed by atoms with Crippen LogP contribution in [0.1, 0.15) is 38.5 Å². The van der Waals surface area contributed by atoms with Crippen molar-refractivity contribution in [3.8, 4) is 0 Å². The van der Waals surface area contributed by atoms with E-state index in [-0.39, 0.29) is 18.7 Å². The number of carbonyl (C=O) groups is 5. The maximum Gasteiger partial charge on any atom is 0.326 e. The van der Waals surface area contributed by atoms with Gasteiger partial charge in [-0.05, 0) is 25.0 Å². The first-order valence-corrected chi connectivity index (χ1v) is 9.65. The first-order chi connectivity index (χ1) is 13.9. The third kappa shape index (κ3) is 3.26. The highest BCUT2D eigenvalue weighted by Gasteiger charge is 2.52. The molecule has 0 bridgehead atoms. The smallest absolute Gasteiger partial charge is 0.326 e. The Balaban J connectivity index is 1.50. The molecule has 1 saturated heterocycles. The van der Waals surface area contributed by atoms with E-state index in [1.807, 2.05) is 0 Å². The predicted octanol–water partition coefficient (Wildman–Crippen LogP) is 0.977. The van der Waals surface area contributed by atoms with Gasteiger partial charge in [0.1, 0.15) is 12.1 Å². The monoisotopic (exact) mass is 399 g/mol. The van der Waals surface area contributed by atoms with E-state index in [4.69, 9.17) is 4.74 Å². The van der Waals surface area contributed by atoms with Crippen LogP contribution in [0.5, 0.6) is 0 Å². The van der Waals surface area contributed by atoms with Crippen LogP contribution in [0.4, 0.5) is 11.4 Å². The van der Waals surface area contributed by atoms with Crippen molar-refractivity contribution in [3.63, 3.8) is 0 Å². The Morgan fingerprint density at radius 3 is 2.38 bits per heavy atom. The summed E-state index contributed by atoms with van der Waals surface area (Å²) in [5.41, 5.74) is 0.113. The molecule has 2 fully saturated rings. The van der Waals surface area contributed by atoms with Crippen LogP contribution in [0.25, 0.3) is 0 Å². The summed E-state index contributed by atoms with van der Waals surface area (Å²) in [7, 11) is 0. The Bertz CT molecular complexity index is 889. The van der Waals surface area contributed by atoms with Gasteiger partial charge in [-0.2, -0.15) is 0 Å². The van der Waals surface area contributed by atoms with E-state index in [0.29, 0.717) is 24.2 Å². The van der Waals surface area contributed by atoms with Crippen LogP contribution < -0.4 is 10.2 Å². The molecule has 2 heterocycles. The van der Waals surface area contributed by atoms with Gasteiger partial charge in [0, 0.05) is 12.8 Å². The molecule has 3 aliphatic rings. The molecule has 0 unspecified atom stereocenters. The number of rotatable bonds is 4. The molecule has 0 aromatic heterocycles. The van der Waals surface area contributed by atoms with Gasteiger partial charge < -0.3 is 10.1 Å². The molecular weight excluding hydrogens is 378 g/mol. The largest absolute Gasteiger partial charge is 0.454 e. The van der Waals surface area contributed by atoms with Crippen LogP contribution in [-0.2, 0) is 28.7 Å². The minimum Gasteiger partial charge on any atom is -0.454 e. The molecule has 0 atom stereocenters. The molecule has 1 spiro atoms. The highest BCUT2D eigenvalue weighted by Crippen LogP contribution is 2.45. The number of likely N-dealkylation sites (tertiary alicyclic amines) is 1. The molecule has 4 rings (SSSR count). The minimum atomic E-state index is -0.987. The standard InChI is InChI=1S/C20H21N3O6/c24-15-7-8-16(25)22(15)11-18(27)29-12-17(26)23-14-6-2-1-5-13(14)21-19(28)20(23)9-3-4-10-20/h1-2,5-6H,3-4,7-12H2,(H,21,28). The molecule has 29 heavy (non-hydrogen) atoms. The van der Waals surface area contributed by atoms with E-state index in [1.54, 1.807) is 24.3 Å². The van der Waals surface area contributed by atoms with Crippen LogP contribution in [0.2, 0.25) is 0 Å². The number of hydrogen-bond donors (Lipinski definition) is 1. The summed E-state index contributed by atoms with van der Waals surface area (Å²) in [6.45, 7) is -1.08. The topological polar surface area (TPSA) is 113 Å². The summed E-state index contributed by atoms with van der Waals surface area (Å²) < 4.78 is 5.06. The highest BCUT2D eigenvalue weighted by molar-refractivity contribution is 6.15. The normalized spacial score (nSPS) is 20.1. The lowest BCUT2D eigenvalue weighted by molar-refractivity contribution is -0.154. The van der Waals surface area contributed by atoms with E-state index >= 15 is 0 Å². The summed E-state index contributed by atoms with van der Waals surface area (Å²) in [4.78, 5) is 63.5. The van der Waals surface area contributed by atoms with Gasteiger partial charge in [0.25, 0.3) is 11.8 Å². The third-order valence-electron chi connectivity index (χ3n) is 5.72. The van der Waals surface area contributed by atoms with Gasteiger partial charge in [0.2, 0.25) is 11.8 Å². The molecule has 1 aromatic rings. The average Bonchev–Trinajstić information content (AvgIpc) is 3.30. The first-order valence-electron chi connectivity index (χ1n) is 9.65. The van der Waals surface area contributed by atoms with Crippen LogP contribution in [0, 0.1) is 0 Å². The van der Waals surface area contributed by atoms with Crippen molar-refractivity contribution in [3.05, 3.63) is 24.3 Å². The van der Waals surface area contributed by atoms with E-state index in [1.165, 1.54) is 4.90 Å². The van der Waals surface area contributed by atoms with Gasteiger partial charge in [-0.15, -0.1) is 0 Å². The van der Waals surface area contributed by atoms with Crippen LogP contribution in [0.3, 0.4) is 0 Å². The van der Waals surface area contributed by atoms with Crippen molar-refractivity contribution in [2.24, 2.45) is 0 Å². The maximum absolute atomic E-state index is 13.1. The average molecular weight is 399 g/mol. The molecule has 1 N–H and O–H groups in total. The second-order valence-corrected chi connectivity index (χ2v) is 7.47. The molecule has 4 amide bonds. The fraction of sp³-hybridized carbons (Fsp3) is 0.450. The number of anilines is 2. The predicted molar refractivity (Wildman–Crippen MR) is 101 cm³/mol. The number of para-hydroxylation sites is 2. The third-order valence-corrected chi connectivity index (χ3v) is 5.72. The fourth-order valence-corrected chi connectivity index (χ4v) is 4.31. The Kier molecular flexibility index (Phi) is 4.81. The minimum absolute atomic E-state index is 0.0766. The number of carbonyl (C=O) groups excluding carboxylic acids is 5. The molecule has 1 aromatic carbocycles. The fourth-order valence-electron chi connectivity index (χ4n) is 4.31. The van der Waals surface area contributed by atoms with Gasteiger partial charge in [-0.25, -0.2) is 0 Å². The van der Waals surface area contributed by atoms with Crippen LogP contribution in [0.15, 0.2) is 24.3 Å². The number of nitrogens with zero attached hydrogens (tertiary/aromatic N) is 2. The zero-order valence-corrected chi connectivity index (χ0v) is 15.8. The molecule has 152 valence electrons. The van der Waals surface area contributed by atoms with Crippen LogP contribution >= 0.6 is 0 Å². The van der Waals surface area contributed by atoms with Crippen molar-refractivity contribution in [1.82, 2.24) is 4.90 Å². The van der Waals surface area contributed by atoms with E-state index in [2.05, 4.69) is 5.32 Å². The van der Waals surface area contributed by atoms with Crippen molar-refractivity contribution >= 4 is 41.0 Å². The first kappa shape index (κ1) is 19.1. The van der Waals surface area contributed by atoms with E-state index in [9.17, 15) is 24.0 Å². The lowest BCUT2D eigenvalue weighted by Crippen LogP contribution is -2.61. The zero-order chi connectivity index (χ0) is 20.6. The number of amides is 4. The molecule has 1 aliphatic carbocycles. The highest BCUT2D eigenvalue weighted by atomic mass is 16.5. The molecule has 9 heteroatoms. The van der Waals surface area contributed by atoms with Gasteiger partial charge >= 0.3 is 5.97 Å². The van der Waals surface area contributed by atoms with E-state index < -0.39 is 42.4 Å². The van der Waals surface area contributed by atoms with E-state index in [0.717, 1.165) is 17.7 Å². The second kappa shape index (κ2) is 7.31. The number of benzene rings is 1. The van der Waals surface area contributed by atoms with Gasteiger partial charge in [0.05, 0.1) is 11.4 Å².